The van der Waals surface area contributed by atoms with Crippen molar-refractivity contribution in [2.75, 3.05) is 20.7 Å². The van der Waals surface area contributed by atoms with Crippen LogP contribution in [0.5, 0.6) is 5.88 Å². The molecule has 140 valence electrons. The van der Waals surface area contributed by atoms with E-state index in [1.165, 1.54) is 16.7 Å². The number of likely N-dealkylation sites (N-methyl/N-ethyl adjacent to an activating group) is 1. The zero-order valence-electron chi connectivity index (χ0n) is 15.9. The Labute approximate surface area is 163 Å². The van der Waals surface area contributed by atoms with Gasteiger partial charge in [0.15, 0.2) is 0 Å². The van der Waals surface area contributed by atoms with Gasteiger partial charge in [-0.05, 0) is 48.0 Å². The second-order valence-corrected chi connectivity index (χ2v) is 7.33. The highest BCUT2D eigenvalue weighted by Gasteiger charge is 2.25. The SMILES string of the molecule is COc1cncc(-c2ccc3c(c2)CN(C)CC3c2ccc3occc3c2)n1. The standard InChI is InChI=1S/C23H21N3O2/c1-26-13-18-10-16(21-11-24-12-23(25-21)27-2)3-5-19(18)20(14-26)15-4-6-22-17(9-15)7-8-28-22/h3-12,20H,13-14H2,1-2H3. The van der Waals surface area contributed by atoms with Gasteiger partial charge in [-0.15, -0.1) is 0 Å². The lowest BCUT2D eigenvalue weighted by molar-refractivity contribution is 0.295. The number of hydrogen-bond acceptors (Lipinski definition) is 5. The van der Waals surface area contributed by atoms with Crippen LogP contribution in [0, 0.1) is 0 Å². The zero-order valence-corrected chi connectivity index (χ0v) is 15.9. The maximum absolute atomic E-state index is 5.50. The normalized spacial score (nSPS) is 16.9. The molecule has 4 aromatic rings. The van der Waals surface area contributed by atoms with E-state index in [9.17, 15) is 0 Å². The van der Waals surface area contributed by atoms with Gasteiger partial charge in [0.1, 0.15) is 5.58 Å². The first kappa shape index (κ1) is 17.0. The summed E-state index contributed by atoms with van der Waals surface area (Å²) in [6.45, 7) is 1.92. The summed E-state index contributed by atoms with van der Waals surface area (Å²) in [4.78, 5) is 11.1. The highest BCUT2D eigenvalue weighted by molar-refractivity contribution is 5.78. The van der Waals surface area contributed by atoms with Crippen LogP contribution in [0.15, 0.2) is 65.5 Å². The molecule has 1 unspecified atom stereocenters. The van der Waals surface area contributed by atoms with E-state index in [2.05, 4.69) is 58.3 Å². The van der Waals surface area contributed by atoms with Crippen LogP contribution in [-0.2, 0) is 6.54 Å². The molecule has 0 N–H and O–H groups in total. The van der Waals surface area contributed by atoms with Gasteiger partial charge < -0.3 is 14.1 Å². The number of nitrogens with zero attached hydrogens (tertiary/aromatic N) is 3. The number of rotatable bonds is 3. The second kappa shape index (κ2) is 6.77. The molecule has 0 amide bonds. The molecule has 3 heterocycles. The smallest absolute Gasteiger partial charge is 0.232 e. The summed E-state index contributed by atoms with van der Waals surface area (Å²) in [5.74, 6) is 0.858. The van der Waals surface area contributed by atoms with Crippen molar-refractivity contribution in [2.24, 2.45) is 0 Å². The molecule has 0 saturated heterocycles. The van der Waals surface area contributed by atoms with Crippen LogP contribution in [0.1, 0.15) is 22.6 Å². The van der Waals surface area contributed by atoms with E-state index in [4.69, 9.17) is 9.15 Å². The van der Waals surface area contributed by atoms with Gasteiger partial charge in [0.05, 0.1) is 31.5 Å². The summed E-state index contributed by atoms with van der Waals surface area (Å²) in [5.41, 5.74) is 6.83. The summed E-state index contributed by atoms with van der Waals surface area (Å²) in [7, 11) is 3.78. The minimum absolute atomic E-state index is 0.332. The van der Waals surface area contributed by atoms with E-state index in [0.29, 0.717) is 11.8 Å². The highest BCUT2D eigenvalue weighted by atomic mass is 16.5. The minimum Gasteiger partial charge on any atom is -0.480 e. The van der Waals surface area contributed by atoms with E-state index in [1.54, 1.807) is 25.8 Å². The van der Waals surface area contributed by atoms with Crippen LogP contribution >= 0.6 is 0 Å². The van der Waals surface area contributed by atoms with E-state index < -0.39 is 0 Å². The number of furan rings is 1. The predicted molar refractivity (Wildman–Crippen MR) is 108 cm³/mol. The molecular formula is C23H21N3O2. The molecule has 28 heavy (non-hydrogen) atoms. The monoisotopic (exact) mass is 371 g/mol. The molecular weight excluding hydrogens is 350 g/mol. The van der Waals surface area contributed by atoms with Gasteiger partial charge in [-0.2, -0.15) is 0 Å². The Morgan fingerprint density at radius 2 is 2.04 bits per heavy atom. The Kier molecular flexibility index (Phi) is 4.10. The fraction of sp³-hybridized carbons (Fsp3) is 0.217. The molecule has 5 rings (SSSR count). The topological polar surface area (TPSA) is 51.4 Å². The minimum atomic E-state index is 0.332. The van der Waals surface area contributed by atoms with Crippen LogP contribution < -0.4 is 4.74 Å². The molecule has 1 aliphatic rings. The third-order valence-corrected chi connectivity index (χ3v) is 5.45. The van der Waals surface area contributed by atoms with Crippen LogP contribution in [-0.4, -0.2) is 35.6 Å². The number of ether oxygens (including phenoxy) is 1. The van der Waals surface area contributed by atoms with Crippen LogP contribution in [0.2, 0.25) is 0 Å². The molecule has 1 aliphatic heterocycles. The Bertz CT molecular complexity index is 1150. The van der Waals surface area contributed by atoms with Gasteiger partial charge in [0.2, 0.25) is 5.88 Å². The maximum Gasteiger partial charge on any atom is 0.232 e. The average molecular weight is 371 g/mol. The molecule has 1 atom stereocenters. The molecule has 0 bridgehead atoms. The Hall–Kier alpha value is -3.18. The van der Waals surface area contributed by atoms with Crippen molar-refractivity contribution in [3.63, 3.8) is 0 Å². The zero-order chi connectivity index (χ0) is 19.1. The Balaban J connectivity index is 1.57. The maximum atomic E-state index is 5.50. The molecule has 0 aliphatic carbocycles. The van der Waals surface area contributed by atoms with E-state index >= 15 is 0 Å². The van der Waals surface area contributed by atoms with Crippen molar-refractivity contribution in [1.29, 1.82) is 0 Å². The average Bonchev–Trinajstić information content (AvgIpc) is 3.20. The highest BCUT2D eigenvalue weighted by Crippen LogP contribution is 2.36. The third kappa shape index (κ3) is 2.94. The van der Waals surface area contributed by atoms with Gasteiger partial charge in [-0.1, -0.05) is 18.2 Å². The van der Waals surface area contributed by atoms with Crippen LogP contribution in [0.3, 0.4) is 0 Å². The molecule has 0 fully saturated rings. The van der Waals surface area contributed by atoms with Gasteiger partial charge in [0, 0.05) is 30.0 Å². The van der Waals surface area contributed by atoms with E-state index in [-0.39, 0.29) is 0 Å². The molecule has 0 spiro atoms. The summed E-state index contributed by atoms with van der Waals surface area (Å²) >= 11 is 0. The first-order chi connectivity index (χ1) is 13.7. The van der Waals surface area contributed by atoms with Crippen molar-refractivity contribution < 1.29 is 9.15 Å². The van der Waals surface area contributed by atoms with Gasteiger partial charge >= 0.3 is 0 Å². The quantitative estimate of drug-likeness (QED) is 0.532. The van der Waals surface area contributed by atoms with Crippen molar-refractivity contribution in [3.05, 3.63) is 77.8 Å². The Morgan fingerprint density at radius 1 is 1.11 bits per heavy atom. The largest absolute Gasteiger partial charge is 0.480 e. The van der Waals surface area contributed by atoms with Crippen molar-refractivity contribution in [3.8, 4) is 17.1 Å². The fourth-order valence-corrected chi connectivity index (χ4v) is 4.08. The summed E-state index contributed by atoms with van der Waals surface area (Å²) in [6.07, 6.45) is 5.15. The van der Waals surface area contributed by atoms with Gasteiger partial charge in [-0.3, -0.25) is 4.98 Å². The lowest BCUT2D eigenvalue weighted by atomic mass is 9.83. The van der Waals surface area contributed by atoms with Gasteiger partial charge in [0.25, 0.3) is 0 Å². The van der Waals surface area contributed by atoms with Crippen LogP contribution in [0.25, 0.3) is 22.2 Å². The third-order valence-electron chi connectivity index (χ3n) is 5.45. The lowest BCUT2D eigenvalue weighted by Crippen LogP contribution is -2.31. The summed E-state index contributed by atoms with van der Waals surface area (Å²) in [6, 6.07) is 15.1. The van der Waals surface area contributed by atoms with Crippen molar-refractivity contribution in [1.82, 2.24) is 14.9 Å². The number of methoxy groups -OCH3 is 1. The molecule has 5 heteroatoms. The van der Waals surface area contributed by atoms with Gasteiger partial charge in [-0.25, -0.2) is 4.98 Å². The lowest BCUT2D eigenvalue weighted by Gasteiger charge is -2.33. The predicted octanol–water partition coefficient (Wildman–Crippen LogP) is 4.48. The number of hydrogen-bond donors (Lipinski definition) is 0. The van der Waals surface area contributed by atoms with E-state index in [0.717, 1.165) is 35.3 Å². The molecule has 2 aromatic heterocycles. The Morgan fingerprint density at radius 3 is 2.93 bits per heavy atom. The van der Waals surface area contributed by atoms with Crippen molar-refractivity contribution in [2.45, 2.75) is 12.5 Å². The molecule has 5 nitrogen and oxygen atoms in total. The van der Waals surface area contributed by atoms with Crippen LogP contribution in [0.4, 0.5) is 0 Å². The summed E-state index contributed by atoms with van der Waals surface area (Å²) in [5, 5.41) is 1.15. The number of aromatic nitrogens is 2. The number of fused-ring (bicyclic) bond motifs is 2. The fourth-order valence-electron chi connectivity index (χ4n) is 4.08. The first-order valence-corrected chi connectivity index (χ1v) is 9.36. The number of benzene rings is 2. The summed E-state index contributed by atoms with van der Waals surface area (Å²) < 4.78 is 10.7. The van der Waals surface area contributed by atoms with E-state index in [1.807, 2.05) is 6.07 Å². The molecule has 2 aromatic carbocycles. The first-order valence-electron chi connectivity index (χ1n) is 9.36. The molecule has 0 saturated carbocycles. The van der Waals surface area contributed by atoms with Crippen molar-refractivity contribution >= 4 is 11.0 Å². The second-order valence-electron chi connectivity index (χ2n) is 7.33. The molecule has 0 radical (unpaired) electrons.